The largest absolute Gasteiger partial charge is 0.491 e. The van der Waals surface area contributed by atoms with Crippen LogP contribution in [0.25, 0.3) is 11.0 Å². The van der Waals surface area contributed by atoms with Crippen LogP contribution >= 0.6 is 0 Å². The van der Waals surface area contributed by atoms with Crippen molar-refractivity contribution in [2.24, 2.45) is 0 Å². The quantitative estimate of drug-likeness (QED) is 0.673. The first-order chi connectivity index (χ1) is 11.2. The summed E-state index contributed by atoms with van der Waals surface area (Å²) in [5.41, 5.74) is 4.17. The van der Waals surface area contributed by atoms with E-state index in [0.717, 1.165) is 41.7 Å². The van der Waals surface area contributed by atoms with E-state index in [-0.39, 0.29) is 10.8 Å². The molecular weight excluding hydrogens is 296 g/mol. The van der Waals surface area contributed by atoms with E-state index >= 15 is 0 Å². The molecule has 2 aromatic rings. The highest BCUT2D eigenvalue weighted by Crippen LogP contribution is 2.34. The first-order valence-corrected chi connectivity index (χ1v) is 9.13. The third kappa shape index (κ3) is 4.06. The molecule has 0 atom stereocenters. The smallest absolute Gasteiger partial charge is 0.147 e. The van der Waals surface area contributed by atoms with Gasteiger partial charge in [0.1, 0.15) is 11.3 Å². The minimum Gasteiger partial charge on any atom is -0.491 e. The standard InChI is InChI=1S/C21H32N2O/c1-8-10-21(6,7)18-14-22-16-12-15(20(3,4)5)13-17(19(16)23-18)24-11-9-2/h12-14H,8-11H2,1-7H3. The van der Waals surface area contributed by atoms with Gasteiger partial charge in [0.25, 0.3) is 0 Å². The molecule has 1 aromatic carbocycles. The Morgan fingerprint density at radius 3 is 2.29 bits per heavy atom. The fourth-order valence-corrected chi connectivity index (χ4v) is 2.92. The van der Waals surface area contributed by atoms with Crippen LogP contribution in [0.3, 0.4) is 0 Å². The van der Waals surface area contributed by atoms with E-state index in [1.807, 2.05) is 6.20 Å². The molecular formula is C21H32N2O. The second kappa shape index (κ2) is 7.08. The summed E-state index contributed by atoms with van der Waals surface area (Å²) in [5.74, 6) is 0.862. The van der Waals surface area contributed by atoms with E-state index in [1.165, 1.54) is 5.56 Å². The summed E-state index contributed by atoms with van der Waals surface area (Å²) in [5, 5.41) is 0. The van der Waals surface area contributed by atoms with Gasteiger partial charge in [-0.3, -0.25) is 4.98 Å². The lowest BCUT2D eigenvalue weighted by Crippen LogP contribution is -2.19. The predicted molar refractivity (Wildman–Crippen MR) is 102 cm³/mol. The summed E-state index contributed by atoms with van der Waals surface area (Å²) in [7, 11) is 0. The maximum atomic E-state index is 6.03. The third-order valence-electron chi connectivity index (χ3n) is 4.51. The maximum Gasteiger partial charge on any atom is 0.147 e. The molecule has 24 heavy (non-hydrogen) atoms. The zero-order chi connectivity index (χ0) is 18.0. The summed E-state index contributed by atoms with van der Waals surface area (Å²) in [6.45, 7) is 16.1. The highest BCUT2D eigenvalue weighted by molar-refractivity contribution is 5.82. The molecule has 0 radical (unpaired) electrons. The molecule has 1 aromatic heterocycles. The summed E-state index contributed by atoms with van der Waals surface area (Å²) < 4.78 is 6.03. The third-order valence-corrected chi connectivity index (χ3v) is 4.51. The van der Waals surface area contributed by atoms with Crippen LogP contribution in [0.2, 0.25) is 0 Å². The van der Waals surface area contributed by atoms with Crippen LogP contribution < -0.4 is 4.74 Å². The van der Waals surface area contributed by atoms with Gasteiger partial charge >= 0.3 is 0 Å². The molecule has 0 aliphatic carbocycles. The number of rotatable bonds is 6. The maximum absolute atomic E-state index is 6.03. The monoisotopic (exact) mass is 328 g/mol. The number of ether oxygens (including phenoxy) is 1. The van der Waals surface area contributed by atoms with Gasteiger partial charge in [0.05, 0.1) is 17.8 Å². The van der Waals surface area contributed by atoms with Gasteiger partial charge < -0.3 is 4.74 Å². The van der Waals surface area contributed by atoms with Crippen LogP contribution in [0.1, 0.15) is 79.0 Å². The van der Waals surface area contributed by atoms with Crippen LogP contribution in [0.4, 0.5) is 0 Å². The van der Waals surface area contributed by atoms with E-state index in [9.17, 15) is 0 Å². The van der Waals surface area contributed by atoms with E-state index < -0.39 is 0 Å². The molecule has 0 saturated carbocycles. The predicted octanol–water partition coefficient (Wildman–Crippen LogP) is 5.79. The van der Waals surface area contributed by atoms with Crippen LogP contribution in [0.5, 0.6) is 5.75 Å². The number of benzene rings is 1. The lowest BCUT2D eigenvalue weighted by molar-refractivity contribution is 0.319. The van der Waals surface area contributed by atoms with Crippen LogP contribution in [-0.2, 0) is 10.8 Å². The zero-order valence-electron chi connectivity index (χ0n) is 16.4. The number of hydrogen-bond acceptors (Lipinski definition) is 3. The first kappa shape index (κ1) is 18.7. The average Bonchev–Trinajstić information content (AvgIpc) is 2.50. The van der Waals surface area contributed by atoms with Crippen molar-refractivity contribution in [3.8, 4) is 5.75 Å². The van der Waals surface area contributed by atoms with E-state index in [1.54, 1.807) is 0 Å². The topological polar surface area (TPSA) is 35.0 Å². The van der Waals surface area contributed by atoms with Gasteiger partial charge in [-0.05, 0) is 36.0 Å². The lowest BCUT2D eigenvalue weighted by atomic mass is 9.84. The van der Waals surface area contributed by atoms with Crippen molar-refractivity contribution in [1.29, 1.82) is 0 Å². The van der Waals surface area contributed by atoms with Crippen molar-refractivity contribution in [2.75, 3.05) is 6.61 Å². The molecule has 132 valence electrons. The average molecular weight is 329 g/mol. The Morgan fingerprint density at radius 1 is 1.00 bits per heavy atom. The van der Waals surface area contributed by atoms with Gasteiger partial charge in [-0.1, -0.05) is 54.9 Å². The molecule has 0 saturated heterocycles. The van der Waals surface area contributed by atoms with Crippen LogP contribution in [-0.4, -0.2) is 16.6 Å². The molecule has 3 nitrogen and oxygen atoms in total. The van der Waals surface area contributed by atoms with E-state index in [2.05, 4.69) is 60.6 Å². The Hall–Kier alpha value is -1.64. The Labute approximate surface area is 146 Å². The first-order valence-electron chi connectivity index (χ1n) is 9.13. The molecule has 0 bridgehead atoms. The van der Waals surface area contributed by atoms with E-state index in [0.29, 0.717) is 6.61 Å². The molecule has 0 N–H and O–H groups in total. The van der Waals surface area contributed by atoms with Crippen molar-refractivity contribution in [2.45, 2.75) is 78.6 Å². The van der Waals surface area contributed by atoms with Gasteiger partial charge in [-0.25, -0.2) is 4.98 Å². The molecule has 0 aliphatic rings. The summed E-state index contributed by atoms with van der Waals surface area (Å²) in [4.78, 5) is 9.68. The SMILES string of the molecule is CCCOc1cc(C(C)(C)C)cc2ncc(C(C)(C)CCC)nc12. The van der Waals surface area contributed by atoms with Crippen molar-refractivity contribution in [3.05, 3.63) is 29.6 Å². The molecule has 1 heterocycles. The Bertz CT molecular complexity index is 699. The van der Waals surface area contributed by atoms with Gasteiger partial charge in [-0.2, -0.15) is 0 Å². The van der Waals surface area contributed by atoms with Crippen molar-refractivity contribution >= 4 is 11.0 Å². The normalized spacial score (nSPS) is 12.6. The Kier molecular flexibility index (Phi) is 5.52. The summed E-state index contributed by atoms with van der Waals surface area (Å²) >= 11 is 0. The summed E-state index contributed by atoms with van der Waals surface area (Å²) in [6.07, 6.45) is 5.15. The lowest BCUT2D eigenvalue weighted by Gasteiger charge is -2.24. The fourth-order valence-electron chi connectivity index (χ4n) is 2.92. The van der Waals surface area contributed by atoms with Crippen molar-refractivity contribution < 1.29 is 4.74 Å². The molecule has 0 fully saturated rings. The Balaban J connectivity index is 2.61. The van der Waals surface area contributed by atoms with Crippen molar-refractivity contribution in [1.82, 2.24) is 9.97 Å². The summed E-state index contributed by atoms with van der Waals surface area (Å²) in [6, 6.07) is 4.29. The molecule has 0 spiro atoms. The van der Waals surface area contributed by atoms with Crippen LogP contribution in [0, 0.1) is 0 Å². The second-order valence-corrected chi connectivity index (χ2v) is 8.33. The number of hydrogen-bond donors (Lipinski definition) is 0. The fraction of sp³-hybridized carbons (Fsp3) is 0.619. The van der Waals surface area contributed by atoms with Gasteiger partial charge in [0, 0.05) is 11.6 Å². The van der Waals surface area contributed by atoms with Gasteiger partial charge in [-0.15, -0.1) is 0 Å². The number of aromatic nitrogens is 2. The number of nitrogens with zero attached hydrogens (tertiary/aromatic N) is 2. The number of fused-ring (bicyclic) bond motifs is 1. The van der Waals surface area contributed by atoms with Gasteiger partial charge in [0.2, 0.25) is 0 Å². The van der Waals surface area contributed by atoms with E-state index in [4.69, 9.17) is 14.7 Å². The van der Waals surface area contributed by atoms with Gasteiger partial charge in [0.15, 0.2) is 0 Å². The molecule has 0 amide bonds. The highest BCUT2D eigenvalue weighted by Gasteiger charge is 2.24. The highest BCUT2D eigenvalue weighted by atomic mass is 16.5. The van der Waals surface area contributed by atoms with Crippen molar-refractivity contribution in [3.63, 3.8) is 0 Å². The molecule has 3 heteroatoms. The van der Waals surface area contributed by atoms with Crippen LogP contribution in [0.15, 0.2) is 18.3 Å². The molecule has 0 aliphatic heterocycles. The second-order valence-electron chi connectivity index (χ2n) is 8.33. The molecule has 0 unspecified atom stereocenters. The molecule has 2 rings (SSSR count). The minimum absolute atomic E-state index is 0.0284. The minimum atomic E-state index is 0.0284. The Morgan fingerprint density at radius 2 is 1.71 bits per heavy atom. The zero-order valence-corrected chi connectivity index (χ0v) is 16.4.